The molecule has 47 heavy (non-hydrogen) atoms. The summed E-state index contributed by atoms with van der Waals surface area (Å²) in [5.41, 5.74) is 0.995. The van der Waals surface area contributed by atoms with E-state index in [9.17, 15) is 9.59 Å². The predicted molar refractivity (Wildman–Crippen MR) is 163 cm³/mol. The molecule has 2 amide bonds. The van der Waals surface area contributed by atoms with Crippen molar-refractivity contribution in [3.8, 4) is 46.3 Å². The molecule has 16 nitrogen and oxygen atoms in total. The highest BCUT2D eigenvalue weighted by atomic mass is 32.2. The number of thioether (sulfide) groups is 1. The Morgan fingerprint density at radius 2 is 1.23 bits per heavy atom. The molecule has 240 valence electrons. The Kier molecular flexibility index (Phi) is 7.19. The number of fused-ring (bicyclic) bond motifs is 16. The van der Waals surface area contributed by atoms with E-state index in [0.29, 0.717) is 23.0 Å². The summed E-state index contributed by atoms with van der Waals surface area (Å²) < 4.78 is 34.0. The van der Waals surface area contributed by atoms with E-state index in [-0.39, 0.29) is 74.3 Å². The van der Waals surface area contributed by atoms with Crippen LogP contribution in [-0.2, 0) is 0 Å². The standard InChI is InChI=1S/C30H26N8O8S/c1-12-24-35-17(9-41-24)26-36-18(10-43-26)25-33-16(7-42-25)23(40)32-19(11-47-30(4,5)6)27-37-21(14(3)45-27)29-38-20(13(2)46-29)28-34-15(8-44-28)22(39)31-12/h7-10,19H,1,11H2,2-6H3,(H,31,39)(H,32,40). The molecule has 0 saturated heterocycles. The molecule has 0 aliphatic carbocycles. The SMILES string of the molecule is C=C1NC(=O)c2coc(n2)-c2nc(oc2C)-c2nc(oc2C)C(CSC(C)(C)C)NC(=O)c2coc(n2)-c2coc(n2)-c2coc1n2. The number of rotatable bonds is 2. The average Bonchev–Trinajstić information content (AvgIpc) is 3.84. The second-order valence-electron chi connectivity index (χ2n) is 11.4. The summed E-state index contributed by atoms with van der Waals surface area (Å²) >= 11 is 1.61. The van der Waals surface area contributed by atoms with E-state index in [2.05, 4.69) is 67.9 Å². The van der Waals surface area contributed by atoms with Gasteiger partial charge in [-0.15, -0.1) is 0 Å². The van der Waals surface area contributed by atoms with Crippen molar-refractivity contribution < 1.29 is 36.1 Å². The van der Waals surface area contributed by atoms with Gasteiger partial charge < -0.3 is 37.1 Å². The minimum Gasteiger partial charge on any atom is -0.443 e. The molecule has 0 radical (unpaired) electrons. The summed E-state index contributed by atoms with van der Waals surface area (Å²) in [4.78, 5) is 52.8. The van der Waals surface area contributed by atoms with E-state index in [4.69, 9.17) is 26.5 Å². The van der Waals surface area contributed by atoms with Gasteiger partial charge in [0.2, 0.25) is 35.3 Å². The molecule has 17 heteroatoms. The van der Waals surface area contributed by atoms with Crippen molar-refractivity contribution in [2.75, 3.05) is 5.75 Å². The topological polar surface area (TPSA) is 214 Å². The summed E-state index contributed by atoms with van der Waals surface area (Å²) in [5, 5.41) is 5.53. The van der Waals surface area contributed by atoms with Gasteiger partial charge in [0.25, 0.3) is 11.8 Å². The fourth-order valence-corrected chi connectivity index (χ4v) is 5.33. The molecule has 6 aromatic heterocycles. The maximum absolute atomic E-state index is 13.4. The maximum atomic E-state index is 13.4. The monoisotopic (exact) mass is 658 g/mol. The largest absolute Gasteiger partial charge is 0.443 e. The molecule has 0 spiro atoms. The van der Waals surface area contributed by atoms with Gasteiger partial charge in [0, 0.05) is 10.5 Å². The molecule has 6 aromatic rings. The number of amides is 2. The normalized spacial score (nSPS) is 15.3. The molecule has 1 aliphatic rings. The van der Waals surface area contributed by atoms with Crippen LogP contribution < -0.4 is 10.6 Å². The zero-order valence-corrected chi connectivity index (χ0v) is 26.5. The highest BCUT2D eigenvalue weighted by molar-refractivity contribution is 8.00. The quantitative estimate of drug-likeness (QED) is 0.231. The van der Waals surface area contributed by atoms with Crippen LogP contribution in [0.25, 0.3) is 52.0 Å². The van der Waals surface area contributed by atoms with Gasteiger partial charge in [-0.25, -0.2) is 29.9 Å². The number of carbonyl (C=O) groups is 2. The van der Waals surface area contributed by atoms with E-state index >= 15 is 0 Å². The van der Waals surface area contributed by atoms with Gasteiger partial charge in [0.05, 0.1) is 5.70 Å². The van der Waals surface area contributed by atoms with Crippen molar-refractivity contribution >= 4 is 29.3 Å². The van der Waals surface area contributed by atoms with E-state index in [1.807, 2.05) is 0 Å². The van der Waals surface area contributed by atoms with Crippen molar-refractivity contribution in [3.05, 3.63) is 66.3 Å². The number of nitrogens with zero attached hydrogens (tertiary/aromatic N) is 6. The Balaban J connectivity index is 1.30. The number of aromatic nitrogens is 6. The smallest absolute Gasteiger partial charge is 0.277 e. The number of oxazole rings is 6. The van der Waals surface area contributed by atoms with Gasteiger partial charge in [0.15, 0.2) is 34.2 Å². The summed E-state index contributed by atoms with van der Waals surface area (Å²) in [7, 11) is 0. The molecule has 7 heterocycles. The first kappa shape index (κ1) is 30.0. The Hall–Kier alpha value is -5.71. The Morgan fingerprint density at radius 1 is 0.702 bits per heavy atom. The summed E-state index contributed by atoms with van der Waals surface area (Å²) in [6.07, 6.45) is 4.97. The molecular formula is C30H26N8O8S. The predicted octanol–water partition coefficient (Wildman–Crippen LogP) is 5.62. The van der Waals surface area contributed by atoms with Crippen LogP contribution in [0.5, 0.6) is 0 Å². The zero-order valence-electron chi connectivity index (χ0n) is 25.7. The van der Waals surface area contributed by atoms with Crippen LogP contribution in [-0.4, -0.2) is 52.2 Å². The lowest BCUT2D eigenvalue weighted by Crippen LogP contribution is -2.31. The van der Waals surface area contributed by atoms with Crippen LogP contribution in [0, 0.1) is 13.8 Å². The maximum Gasteiger partial charge on any atom is 0.277 e. The fraction of sp³-hybridized carbons (Fsp3) is 0.267. The van der Waals surface area contributed by atoms with Crippen LogP contribution in [0.4, 0.5) is 0 Å². The molecule has 2 N–H and O–H groups in total. The zero-order chi connectivity index (χ0) is 33.0. The number of hydrogen-bond acceptors (Lipinski definition) is 15. The molecule has 1 atom stereocenters. The van der Waals surface area contributed by atoms with E-state index < -0.39 is 17.9 Å². The molecular weight excluding hydrogens is 632 g/mol. The van der Waals surface area contributed by atoms with Gasteiger partial charge in [0.1, 0.15) is 42.6 Å². The van der Waals surface area contributed by atoms with Crippen molar-refractivity contribution in [1.82, 2.24) is 40.5 Å². The van der Waals surface area contributed by atoms with Crippen LogP contribution >= 0.6 is 11.8 Å². The Bertz CT molecular complexity index is 2160. The van der Waals surface area contributed by atoms with Gasteiger partial charge >= 0.3 is 0 Å². The lowest BCUT2D eigenvalue weighted by Gasteiger charge is -2.21. The van der Waals surface area contributed by atoms with E-state index in [0.717, 1.165) is 0 Å². The Labute approximate surface area is 269 Å². The van der Waals surface area contributed by atoms with Crippen LogP contribution in [0.3, 0.4) is 0 Å². The van der Waals surface area contributed by atoms with Gasteiger partial charge in [-0.1, -0.05) is 27.4 Å². The molecule has 1 aliphatic heterocycles. The summed E-state index contributed by atoms with van der Waals surface area (Å²) in [6.45, 7) is 13.4. The third kappa shape index (κ3) is 5.87. The number of nitrogens with one attached hydrogen (secondary N) is 2. The summed E-state index contributed by atoms with van der Waals surface area (Å²) in [6, 6.07) is -0.664. The van der Waals surface area contributed by atoms with Crippen LogP contribution in [0.2, 0.25) is 0 Å². The van der Waals surface area contributed by atoms with Gasteiger partial charge in [-0.3, -0.25) is 9.59 Å². The van der Waals surface area contributed by atoms with Crippen LogP contribution in [0.15, 0.2) is 58.1 Å². The molecule has 0 fully saturated rings. The molecule has 1 unspecified atom stereocenters. The number of carbonyl (C=O) groups excluding carboxylic acids is 2. The lowest BCUT2D eigenvalue weighted by atomic mass is 10.3. The number of hydrogen-bond donors (Lipinski definition) is 2. The lowest BCUT2D eigenvalue weighted by molar-refractivity contribution is 0.0928. The van der Waals surface area contributed by atoms with Crippen LogP contribution in [0.1, 0.15) is 71.1 Å². The van der Waals surface area contributed by atoms with Gasteiger partial charge in [-0.05, 0) is 13.8 Å². The minimum absolute atomic E-state index is 0.000118. The Morgan fingerprint density at radius 3 is 1.94 bits per heavy atom. The first-order chi connectivity index (χ1) is 22.4. The highest BCUT2D eigenvalue weighted by Gasteiger charge is 2.29. The van der Waals surface area contributed by atoms with Crippen molar-refractivity contribution in [2.24, 2.45) is 0 Å². The third-order valence-electron chi connectivity index (χ3n) is 6.74. The van der Waals surface area contributed by atoms with E-state index in [1.165, 1.54) is 25.1 Å². The van der Waals surface area contributed by atoms with Crippen molar-refractivity contribution in [1.29, 1.82) is 0 Å². The van der Waals surface area contributed by atoms with Gasteiger partial charge in [-0.2, -0.15) is 11.8 Å². The fourth-order valence-electron chi connectivity index (χ4n) is 4.44. The average molecular weight is 659 g/mol. The first-order valence-corrected chi connectivity index (χ1v) is 15.1. The second-order valence-corrected chi connectivity index (χ2v) is 13.3. The summed E-state index contributed by atoms with van der Waals surface area (Å²) in [5.74, 6) is 0.578. The third-order valence-corrected chi connectivity index (χ3v) is 8.11. The minimum atomic E-state index is -0.664. The van der Waals surface area contributed by atoms with Crippen molar-refractivity contribution in [3.63, 3.8) is 0 Å². The van der Waals surface area contributed by atoms with Crippen molar-refractivity contribution in [2.45, 2.75) is 45.4 Å². The van der Waals surface area contributed by atoms with E-state index in [1.54, 1.807) is 25.6 Å². The molecule has 0 aromatic carbocycles. The second kappa shape index (κ2) is 11.3. The molecule has 0 saturated carbocycles. The first-order valence-electron chi connectivity index (χ1n) is 14.2. The number of aryl methyl sites for hydroxylation is 2. The molecule has 7 rings (SSSR count). The molecule has 12 bridgehead atoms. The highest BCUT2D eigenvalue weighted by Crippen LogP contribution is 2.34.